The first-order valence-electron chi connectivity index (χ1n) is 7.53. The van der Waals surface area contributed by atoms with Gasteiger partial charge in [-0.2, -0.15) is 0 Å². The lowest BCUT2D eigenvalue weighted by Gasteiger charge is -2.19. The minimum atomic E-state index is 0.382. The van der Waals surface area contributed by atoms with Crippen LogP contribution in [0, 0.1) is 6.92 Å². The summed E-state index contributed by atoms with van der Waals surface area (Å²) in [6, 6.07) is 2.59. The van der Waals surface area contributed by atoms with E-state index in [0.717, 1.165) is 32.4 Å². The van der Waals surface area contributed by atoms with E-state index in [1.165, 1.54) is 16.3 Å². The number of nitrogens with zero attached hydrogens (tertiary/aromatic N) is 2. The van der Waals surface area contributed by atoms with Gasteiger partial charge in [-0.05, 0) is 43.3 Å². The van der Waals surface area contributed by atoms with Crippen LogP contribution >= 0.6 is 11.3 Å². The van der Waals surface area contributed by atoms with Crippen molar-refractivity contribution in [2.75, 3.05) is 6.54 Å². The summed E-state index contributed by atoms with van der Waals surface area (Å²) in [6.45, 7) is 8.73. The highest BCUT2D eigenvalue weighted by Crippen LogP contribution is 2.26. The fourth-order valence-corrected chi connectivity index (χ4v) is 3.48. The van der Waals surface area contributed by atoms with Crippen molar-refractivity contribution in [2.24, 2.45) is 0 Å². The molecule has 0 aromatic carbocycles. The Morgan fingerprint density at radius 1 is 1.35 bits per heavy atom. The molecule has 3 nitrogen and oxygen atoms in total. The average molecular weight is 291 g/mol. The maximum Gasteiger partial charge on any atom is 0.110 e. The molecule has 1 atom stereocenters. The second-order valence-electron chi connectivity index (χ2n) is 5.22. The van der Waals surface area contributed by atoms with Crippen molar-refractivity contribution in [3.63, 3.8) is 0 Å². The van der Waals surface area contributed by atoms with Crippen LogP contribution < -0.4 is 5.32 Å². The standard InChI is InChI=1S/C16H25N3S/c1-4-7-17-14(16-13(3)6-11-20-16)12-15-18-8-10-19(15)9-5-2/h6,8,10-11,14,17H,4-5,7,9,12H2,1-3H3. The summed E-state index contributed by atoms with van der Waals surface area (Å²) in [6.07, 6.45) is 7.28. The monoisotopic (exact) mass is 291 g/mol. The Labute approximate surface area is 126 Å². The molecule has 0 aliphatic heterocycles. The van der Waals surface area contributed by atoms with Crippen LogP contribution in [0.1, 0.15) is 49.0 Å². The largest absolute Gasteiger partial charge is 0.335 e. The summed E-state index contributed by atoms with van der Waals surface area (Å²) in [7, 11) is 0. The van der Waals surface area contributed by atoms with Crippen molar-refractivity contribution in [2.45, 2.75) is 52.6 Å². The second-order valence-corrected chi connectivity index (χ2v) is 6.16. The highest BCUT2D eigenvalue weighted by molar-refractivity contribution is 7.10. The molecule has 0 amide bonds. The molecule has 0 aliphatic rings. The van der Waals surface area contributed by atoms with Gasteiger partial charge in [0, 0.05) is 36.3 Å². The first-order chi connectivity index (χ1) is 9.76. The zero-order valence-electron chi connectivity index (χ0n) is 12.7. The number of aryl methyl sites for hydroxylation is 2. The number of aromatic nitrogens is 2. The van der Waals surface area contributed by atoms with E-state index in [9.17, 15) is 0 Å². The van der Waals surface area contributed by atoms with Crippen LogP contribution in [0.3, 0.4) is 0 Å². The van der Waals surface area contributed by atoms with Gasteiger partial charge in [-0.3, -0.25) is 0 Å². The van der Waals surface area contributed by atoms with Crippen LogP contribution in [0.15, 0.2) is 23.8 Å². The maximum absolute atomic E-state index is 4.55. The van der Waals surface area contributed by atoms with Gasteiger partial charge < -0.3 is 9.88 Å². The zero-order valence-corrected chi connectivity index (χ0v) is 13.5. The van der Waals surface area contributed by atoms with Crippen molar-refractivity contribution in [1.82, 2.24) is 14.9 Å². The lowest BCUT2D eigenvalue weighted by molar-refractivity contribution is 0.506. The summed E-state index contributed by atoms with van der Waals surface area (Å²) in [4.78, 5) is 6.00. The third-order valence-electron chi connectivity index (χ3n) is 3.51. The molecule has 0 aliphatic carbocycles. The van der Waals surface area contributed by atoms with Gasteiger partial charge in [0.15, 0.2) is 0 Å². The maximum atomic E-state index is 4.55. The molecule has 20 heavy (non-hydrogen) atoms. The molecule has 0 fully saturated rings. The van der Waals surface area contributed by atoms with Gasteiger partial charge in [0.05, 0.1) is 0 Å². The Bertz CT molecular complexity index is 515. The predicted molar refractivity (Wildman–Crippen MR) is 86.3 cm³/mol. The Kier molecular flexibility index (Phi) is 5.80. The smallest absolute Gasteiger partial charge is 0.110 e. The lowest BCUT2D eigenvalue weighted by atomic mass is 10.1. The van der Waals surface area contributed by atoms with E-state index in [1.54, 1.807) is 0 Å². The van der Waals surface area contributed by atoms with Gasteiger partial charge in [0.25, 0.3) is 0 Å². The molecule has 0 saturated heterocycles. The number of hydrogen-bond acceptors (Lipinski definition) is 3. The molecule has 4 heteroatoms. The van der Waals surface area contributed by atoms with Gasteiger partial charge in [-0.1, -0.05) is 13.8 Å². The van der Waals surface area contributed by atoms with Crippen LogP contribution in [0.5, 0.6) is 0 Å². The molecule has 1 unspecified atom stereocenters. The van der Waals surface area contributed by atoms with Crippen molar-refractivity contribution in [3.8, 4) is 0 Å². The van der Waals surface area contributed by atoms with Gasteiger partial charge in [-0.25, -0.2) is 4.98 Å². The molecular formula is C16H25N3S. The van der Waals surface area contributed by atoms with Crippen molar-refractivity contribution < 1.29 is 0 Å². The van der Waals surface area contributed by atoms with Crippen molar-refractivity contribution in [3.05, 3.63) is 40.1 Å². The number of nitrogens with one attached hydrogen (secondary N) is 1. The number of imidazole rings is 1. The van der Waals surface area contributed by atoms with Gasteiger partial charge in [0.1, 0.15) is 5.82 Å². The molecule has 0 saturated carbocycles. The molecule has 110 valence electrons. The van der Waals surface area contributed by atoms with Gasteiger partial charge in [0.2, 0.25) is 0 Å². The summed E-state index contributed by atoms with van der Waals surface area (Å²) < 4.78 is 2.28. The van der Waals surface area contributed by atoms with E-state index < -0.39 is 0 Å². The molecule has 1 N–H and O–H groups in total. The molecule has 2 heterocycles. The Morgan fingerprint density at radius 3 is 2.85 bits per heavy atom. The molecule has 2 aromatic heterocycles. The van der Waals surface area contributed by atoms with Crippen LogP contribution in [-0.4, -0.2) is 16.1 Å². The van der Waals surface area contributed by atoms with Crippen LogP contribution in [-0.2, 0) is 13.0 Å². The summed E-state index contributed by atoms with van der Waals surface area (Å²) in [5, 5.41) is 5.86. The zero-order chi connectivity index (χ0) is 14.4. The number of hydrogen-bond donors (Lipinski definition) is 1. The van der Waals surface area contributed by atoms with Crippen molar-refractivity contribution in [1.29, 1.82) is 0 Å². The van der Waals surface area contributed by atoms with Crippen LogP contribution in [0.25, 0.3) is 0 Å². The van der Waals surface area contributed by atoms with E-state index in [4.69, 9.17) is 0 Å². The molecule has 2 rings (SSSR count). The topological polar surface area (TPSA) is 29.9 Å². The Balaban J connectivity index is 2.15. The second kappa shape index (κ2) is 7.60. The predicted octanol–water partition coefficient (Wildman–Crippen LogP) is 3.95. The molecule has 0 radical (unpaired) electrons. The first-order valence-corrected chi connectivity index (χ1v) is 8.41. The van der Waals surface area contributed by atoms with E-state index in [0.29, 0.717) is 6.04 Å². The summed E-state index contributed by atoms with van der Waals surface area (Å²) in [5.41, 5.74) is 1.39. The Morgan fingerprint density at radius 2 is 2.20 bits per heavy atom. The van der Waals surface area contributed by atoms with E-state index in [2.05, 4.69) is 53.3 Å². The summed E-state index contributed by atoms with van der Waals surface area (Å²) in [5.74, 6) is 1.19. The SMILES string of the molecule is CCCNC(Cc1nccn1CCC)c1sccc1C. The summed E-state index contributed by atoms with van der Waals surface area (Å²) >= 11 is 1.85. The quantitative estimate of drug-likeness (QED) is 0.798. The number of thiophene rings is 1. The van der Waals surface area contributed by atoms with Crippen LogP contribution in [0.2, 0.25) is 0 Å². The lowest BCUT2D eigenvalue weighted by Crippen LogP contribution is -2.25. The average Bonchev–Trinajstić information content (AvgIpc) is 3.04. The molecular weight excluding hydrogens is 266 g/mol. The fraction of sp³-hybridized carbons (Fsp3) is 0.562. The third kappa shape index (κ3) is 3.70. The molecule has 2 aromatic rings. The highest BCUT2D eigenvalue weighted by atomic mass is 32.1. The van der Waals surface area contributed by atoms with E-state index >= 15 is 0 Å². The molecule has 0 spiro atoms. The highest BCUT2D eigenvalue weighted by Gasteiger charge is 2.17. The Hall–Kier alpha value is -1.13. The van der Waals surface area contributed by atoms with Gasteiger partial charge >= 0.3 is 0 Å². The minimum absolute atomic E-state index is 0.382. The van der Waals surface area contributed by atoms with Crippen LogP contribution in [0.4, 0.5) is 0 Å². The van der Waals surface area contributed by atoms with Gasteiger partial charge in [-0.15, -0.1) is 11.3 Å². The van der Waals surface area contributed by atoms with E-state index in [1.807, 2.05) is 17.5 Å². The molecule has 0 bridgehead atoms. The minimum Gasteiger partial charge on any atom is -0.335 e. The first kappa shape index (κ1) is 15.3. The normalized spacial score (nSPS) is 12.8. The van der Waals surface area contributed by atoms with E-state index in [-0.39, 0.29) is 0 Å². The third-order valence-corrected chi connectivity index (χ3v) is 4.64. The number of rotatable bonds is 8. The van der Waals surface area contributed by atoms with Crippen molar-refractivity contribution >= 4 is 11.3 Å². The fourth-order valence-electron chi connectivity index (χ4n) is 2.47.